The second kappa shape index (κ2) is 4.59. The zero-order valence-corrected chi connectivity index (χ0v) is 9.99. The van der Waals surface area contributed by atoms with E-state index in [1.54, 1.807) is 18.6 Å². The molecule has 2 heterocycles. The van der Waals surface area contributed by atoms with Crippen molar-refractivity contribution >= 4 is 33.4 Å². The van der Waals surface area contributed by atoms with Crippen LogP contribution in [0.2, 0.25) is 0 Å². The molecule has 0 fully saturated rings. The van der Waals surface area contributed by atoms with Gasteiger partial charge in [-0.3, -0.25) is 4.98 Å². The van der Waals surface area contributed by atoms with Gasteiger partial charge < -0.3 is 5.73 Å². The van der Waals surface area contributed by atoms with E-state index in [1.165, 1.54) is 18.1 Å². The van der Waals surface area contributed by atoms with E-state index in [9.17, 15) is 0 Å². The van der Waals surface area contributed by atoms with E-state index in [-0.39, 0.29) is 0 Å². The van der Waals surface area contributed by atoms with Gasteiger partial charge in [0.05, 0.1) is 21.3 Å². The number of pyridine rings is 1. The molecule has 0 radical (unpaired) electrons. The minimum Gasteiger partial charge on any atom is -0.397 e. The van der Waals surface area contributed by atoms with Crippen LogP contribution in [0.3, 0.4) is 0 Å². The Morgan fingerprint density at radius 2 is 2.13 bits per heavy atom. The van der Waals surface area contributed by atoms with Crippen molar-refractivity contribution in [3.8, 4) is 0 Å². The lowest BCUT2D eigenvalue weighted by Gasteiger charge is -2.05. The number of hydrogen-bond donors (Lipinski definition) is 1. The minimum absolute atomic E-state index is 0.632. The molecule has 2 aromatic rings. The summed E-state index contributed by atoms with van der Waals surface area (Å²) in [4.78, 5) is 12.9. The molecule has 0 unspecified atom stereocenters. The van der Waals surface area contributed by atoms with Crippen LogP contribution >= 0.6 is 27.7 Å². The van der Waals surface area contributed by atoms with Crippen molar-refractivity contribution < 1.29 is 0 Å². The van der Waals surface area contributed by atoms with Gasteiger partial charge in [0, 0.05) is 12.4 Å². The molecule has 76 valence electrons. The van der Waals surface area contributed by atoms with E-state index in [0.29, 0.717) is 5.69 Å². The molecular formula is C9H7BrN4S. The molecule has 0 amide bonds. The molecule has 2 aromatic heterocycles. The summed E-state index contributed by atoms with van der Waals surface area (Å²) >= 11 is 4.88. The lowest BCUT2D eigenvalue weighted by atomic mass is 10.4. The maximum Gasteiger partial charge on any atom is 0.116 e. The van der Waals surface area contributed by atoms with Crippen LogP contribution in [0.15, 0.2) is 45.4 Å². The Labute approximate surface area is 99.5 Å². The predicted octanol–water partition coefficient (Wildman–Crippen LogP) is 2.37. The second-order valence-electron chi connectivity index (χ2n) is 2.69. The Morgan fingerprint density at radius 3 is 2.80 bits per heavy atom. The van der Waals surface area contributed by atoms with E-state index >= 15 is 0 Å². The fourth-order valence-electron chi connectivity index (χ4n) is 0.989. The average molecular weight is 283 g/mol. The fourth-order valence-corrected chi connectivity index (χ4v) is 2.34. The van der Waals surface area contributed by atoms with Gasteiger partial charge in [-0.15, -0.1) is 0 Å². The molecule has 0 saturated heterocycles. The van der Waals surface area contributed by atoms with Crippen molar-refractivity contribution in [1.82, 2.24) is 15.0 Å². The summed E-state index contributed by atoms with van der Waals surface area (Å²) < 4.78 is 0.867. The molecule has 4 nitrogen and oxygen atoms in total. The first-order valence-electron chi connectivity index (χ1n) is 4.10. The molecule has 0 atom stereocenters. The van der Waals surface area contributed by atoms with Crippen molar-refractivity contribution in [2.45, 2.75) is 9.92 Å². The molecule has 0 spiro atoms. The van der Waals surface area contributed by atoms with E-state index in [0.717, 1.165) is 14.4 Å². The summed E-state index contributed by atoms with van der Waals surface area (Å²) in [6.07, 6.45) is 6.53. The van der Waals surface area contributed by atoms with E-state index < -0.39 is 0 Å². The normalized spacial score (nSPS) is 10.2. The highest BCUT2D eigenvalue weighted by Crippen LogP contribution is 2.35. The number of rotatable bonds is 2. The Kier molecular flexibility index (Phi) is 3.17. The first kappa shape index (κ1) is 10.4. The molecule has 15 heavy (non-hydrogen) atoms. The molecule has 2 rings (SSSR count). The number of halogens is 1. The van der Waals surface area contributed by atoms with Crippen molar-refractivity contribution in [3.05, 3.63) is 35.5 Å². The van der Waals surface area contributed by atoms with Gasteiger partial charge in [0.1, 0.15) is 11.4 Å². The Morgan fingerprint density at radius 1 is 1.27 bits per heavy atom. The molecule has 6 heteroatoms. The van der Waals surface area contributed by atoms with Crippen molar-refractivity contribution in [1.29, 1.82) is 0 Å². The number of hydrogen-bond acceptors (Lipinski definition) is 5. The first-order valence-corrected chi connectivity index (χ1v) is 5.71. The summed E-state index contributed by atoms with van der Waals surface area (Å²) in [6, 6.07) is 1.83. The Hall–Kier alpha value is -1.14. The zero-order chi connectivity index (χ0) is 10.7. The van der Waals surface area contributed by atoms with Crippen LogP contribution in [0.1, 0.15) is 0 Å². The number of anilines is 1. The summed E-state index contributed by atoms with van der Waals surface area (Å²) in [5.74, 6) is 0. The molecular weight excluding hydrogens is 276 g/mol. The third-order valence-electron chi connectivity index (χ3n) is 1.64. The maximum absolute atomic E-state index is 5.81. The highest BCUT2D eigenvalue weighted by atomic mass is 79.9. The van der Waals surface area contributed by atoms with E-state index in [1.807, 2.05) is 6.07 Å². The van der Waals surface area contributed by atoms with Gasteiger partial charge in [-0.2, -0.15) is 0 Å². The van der Waals surface area contributed by atoms with Gasteiger partial charge in [0.2, 0.25) is 0 Å². The standard InChI is InChI=1S/C9H7BrN4S/c10-6-3-13-4-7(11)9(6)15-8-1-2-12-5-14-8/h1-5H,11H2. The molecule has 0 aromatic carbocycles. The van der Waals surface area contributed by atoms with Crippen molar-refractivity contribution in [2.24, 2.45) is 0 Å². The molecule has 0 saturated carbocycles. The van der Waals surface area contributed by atoms with Gasteiger partial charge in [0.15, 0.2) is 0 Å². The van der Waals surface area contributed by atoms with E-state index in [2.05, 4.69) is 30.9 Å². The quantitative estimate of drug-likeness (QED) is 0.857. The number of aromatic nitrogens is 3. The molecule has 2 N–H and O–H groups in total. The predicted molar refractivity (Wildman–Crippen MR) is 62.5 cm³/mol. The third-order valence-corrected chi connectivity index (χ3v) is 3.62. The van der Waals surface area contributed by atoms with Crippen LogP contribution in [-0.2, 0) is 0 Å². The highest BCUT2D eigenvalue weighted by Gasteiger charge is 2.07. The SMILES string of the molecule is Nc1cncc(Br)c1Sc1ccncn1. The van der Waals surface area contributed by atoms with Gasteiger partial charge in [-0.25, -0.2) is 9.97 Å². The van der Waals surface area contributed by atoms with Crippen LogP contribution in [0.4, 0.5) is 5.69 Å². The monoisotopic (exact) mass is 282 g/mol. The number of nitrogens with two attached hydrogens (primary N) is 1. The van der Waals surface area contributed by atoms with Gasteiger partial charge in [-0.1, -0.05) is 11.8 Å². The Bertz CT molecular complexity index is 443. The lowest BCUT2D eigenvalue weighted by molar-refractivity contribution is 1.05. The van der Waals surface area contributed by atoms with Gasteiger partial charge in [0.25, 0.3) is 0 Å². The second-order valence-corrected chi connectivity index (χ2v) is 4.57. The third kappa shape index (κ3) is 2.45. The Balaban J connectivity index is 2.32. The van der Waals surface area contributed by atoms with Crippen LogP contribution < -0.4 is 5.73 Å². The first-order chi connectivity index (χ1) is 7.27. The molecule has 0 aliphatic rings. The largest absolute Gasteiger partial charge is 0.397 e. The average Bonchev–Trinajstić information content (AvgIpc) is 2.25. The van der Waals surface area contributed by atoms with Crippen LogP contribution in [0.5, 0.6) is 0 Å². The minimum atomic E-state index is 0.632. The zero-order valence-electron chi connectivity index (χ0n) is 7.59. The van der Waals surface area contributed by atoms with Gasteiger partial charge >= 0.3 is 0 Å². The van der Waals surface area contributed by atoms with E-state index in [4.69, 9.17) is 5.73 Å². The topological polar surface area (TPSA) is 64.7 Å². The molecule has 0 bridgehead atoms. The summed E-state index contributed by atoms with van der Waals surface area (Å²) in [5, 5.41) is 0.851. The van der Waals surface area contributed by atoms with Crippen LogP contribution in [0.25, 0.3) is 0 Å². The smallest absolute Gasteiger partial charge is 0.116 e. The van der Waals surface area contributed by atoms with Crippen LogP contribution in [-0.4, -0.2) is 15.0 Å². The maximum atomic E-state index is 5.81. The van der Waals surface area contributed by atoms with Gasteiger partial charge in [-0.05, 0) is 22.0 Å². The molecule has 0 aliphatic heterocycles. The summed E-state index contributed by atoms with van der Waals surface area (Å²) in [5.41, 5.74) is 6.44. The van der Waals surface area contributed by atoms with Crippen molar-refractivity contribution in [3.63, 3.8) is 0 Å². The summed E-state index contributed by atoms with van der Waals surface area (Å²) in [7, 11) is 0. The van der Waals surface area contributed by atoms with Crippen molar-refractivity contribution in [2.75, 3.05) is 5.73 Å². The molecule has 0 aliphatic carbocycles. The number of nitrogen functional groups attached to an aromatic ring is 1. The van der Waals surface area contributed by atoms with Crippen LogP contribution in [0, 0.1) is 0 Å². The lowest BCUT2D eigenvalue weighted by Crippen LogP contribution is -1.91. The fraction of sp³-hybridized carbons (Fsp3) is 0. The summed E-state index contributed by atoms with van der Waals surface area (Å²) in [6.45, 7) is 0. The number of nitrogens with zero attached hydrogens (tertiary/aromatic N) is 3. The highest BCUT2D eigenvalue weighted by molar-refractivity contribution is 9.10.